The van der Waals surface area contributed by atoms with Crippen molar-refractivity contribution in [2.24, 2.45) is 0 Å². The number of aromatic nitrogens is 3. The van der Waals surface area contributed by atoms with Gasteiger partial charge in [-0.05, 0) is 17.6 Å². The Morgan fingerprint density at radius 3 is 3.13 bits per heavy atom. The predicted octanol–water partition coefficient (Wildman–Crippen LogP) is 2.27. The van der Waals surface area contributed by atoms with Crippen molar-refractivity contribution in [3.8, 4) is 0 Å². The van der Waals surface area contributed by atoms with E-state index in [0.717, 1.165) is 15.9 Å². The first kappa shape index (κ1) is 10.4. The van der Waals surface area contributed by atoms with Crippen LogP contribution in [0.25, 0.3) is 0 Å². The summed E-state index contributed by atoms with van der Waals surface area (Å²) in [5.74, 6) is 1.79. The molecular formula is C9H10N4S2. The average Bonchev–Trinajstić information content (AvgIpc) is 2.79. The van der Waals surface area contributed by atoms with Crippen molar-refractivity contribution in [2.75, 3.05) is 12.4 Å². The fraction of sp³-hybridized carbons (Fsp3) is 0.222. The first-order chi connectivity index (χ1) is 7.40. The summed E-state index contributed by atoms with van der Waals surface area (Å²) in [4.78, 5) is 8.36. The van der Waals surface area contributed by atoms with Gasteiger partial charge in [-0.1, -0.05) is 17.8 Å². The number of hydrogen-bond acceptors (Lipinski definition) is 6. The molecule has 78 valence electrons. The third-order valence-electron chi connectivity index (χ3n) is 1.82. The summed E-state index contributed by atoms with van der Waals surface area (Å²) in [6.45, 7) is 0. The van der Waals surface area contributed by atoms with Crippen LogP contribution >= 0.6 is 23.3 Å². The molecule has 2 rings (SSSR count). The molecule has 0 spiro atoms. The maximum Gasteiger partial charge on any atom is 0.170 e. The summed E-state index contributed by atoms with van der Waals surface area (Å²) in [6, 6.07) is 4.00. The first-order valence-corrected chi connectivity index (χ1v) is 6.17. The van der Waals surface area contributed by atoms with Crippen molar-refractivity contribution in [3.05, 3.63) is 30.2 Å². The van der Waals surface area contributed by atoms with Gasteiger partial charge in [-0.3, -0.25) is 0 Å². The van der Waals surface area contributed by atoms with Gasteiger partial charge in [-0.2, -0.15) is 4.37 Å². The second-order valence-corrected chi connectivity index (χ2v) is 4.76. The van der Waals surface area contributed by atoms with Crippen molar-refractivity contribution in [2.45, 2.75) is 10.1 Å². The van der Waals surface area contributed by atoms with Crippen LogP contribution in [0.15, 0.2) is 29.0 Å². The van der Waals surface area contributed by atoms with E-state index in [1.807, 2.05) is 13.1 Å². The van der Waals surface area contributed by atoms with E-state index in [1.54, 1.807) is 24.3 Å². The highest BCUT2D eigenvalue weighted by atomic mass is 32.2. The Morgan fingerprint density at radius 2 is 2.40 bits per heavy atom. The molecule has 0 aliphatic rings. The molecule has 0 saturated carbocycles. The monoisotopic (exact) mass is 238 g/mol. The lowest BCUT2D eigenvalue weighted by Crippen LogP contribution is -1.96. The quantitative estimate of drug-likeness (QED) is 0.828. The average molecular weight is 238 g/mol. The van der Waals surface area contributed by atoms with Crippen LogP contribution in [0.1, 0.15) is 5.56 Å². The van der Waals surface area contributed by atoms with Crippen molar-refractivity contribution in [1.82, 2.24) is 14.3 Å². The van der Waals surface area contributed by atoms with Gasteiger partial charge in [-0.15, -0.1) is 0 Å². The summed E-state index contributed by atoms with van der Waals surface area (Å²) in [7, 11) is 1.88. The molecule has 0 unspecified atom stereocenters. The number of nitrogens with one attached hydrogen (secondary N) is 1. The SMILES string of the molecule is CNc1ncccc1CSc1ncns1. The normalized spacial score (nSPS) is 10.2. The number of nitrogens with zero attached hydrogens (tertiary/aromatic N) is 3. The Labute approximate surface area is 96.3 Å². The molecule has 0 aliphatic heterocycles. The molecule has 2 aromatic rings. The van der Waals surface area contributed by atoms with Crippen LogP contribution in [-0.4, -0.2) is 21.4 Å². The maximum absolute atomic E-state index is 4.24. The van der Waals surface area contributed by atoms with E-state index in [1.165, 1.54) is 17.1 Å². The van der Waals surface area contributed by atoms with Crippen molar-refractivity contribution < 1.29 is 0 Å². The van der Waals surface area contributed by atoms with Crippen LogP contribution in [0.3, 0.4) is 0 Å². The highest BCUT2D eigenvalue weighted by Gasteiger charge is 2.03. The van der Waals surface area contributed by atoms with Crippen LogP contribution in [-0.2, 0) is 5.75 Å². The standard InChI is InChI=1S/C9H10N4S2/c1-10-8-7(3-2-4-11-8)5-14-9-12-6-13-15-9/h2-4,6H,5H2,1H3,(H,10,11). The van der Waals surface area contributed by atoms with Crippen LogP contribution in [0.5, 0.6) is 0 Å². The van der Waals surface area contributed by atoms with Gasteiger partial charge in [0.25, 0.3) is 0 Å². The van der Waals surface area contributed by atoms with Crippen LogP contribution < -0.4 is 5.32 Å². The molecule has 0 bridgehead atoms. The molecule has 2 aromatic heterocycles. The van der Waals surface area contributed by atoms with E-state index in [9.17, 15) is 0 Å². The maximum atomic E-state index is 4.24. The topological polar surface area (TPSA) is 50.7 Å². The Balaban J connectivity index is 2.04. The number of hydrogen-bond donors (Lipinski definition) is 1. The van der Waals surface area contributed by atoms with Crippen LogP contribution in [0.4, 0.5) is 5.82 Å². The molecule has 0 fully saturated rings. The molecule has 0 aromatic carbocycles. The van der Waals surface area contributed by atoms with Crippen molar-refractivity contribution in [1.29, 1.82) is 0 Å². The van der Waals surface area contributed by atoms with E-state index in [0.29, 0.717) is 0 Å². The van der Waals surface area contributed by atoms with Crippen molar-refractivity contribution in [3.63, 3.8) is 0 Å². The molecule has 0 radical (unpaired) electrons. The van der Waals surface area contributed by atoms with Gasteiger partial charge in [-0.25, -0.2) is 9.97 Å². The van der Waals surface area contributed by atoms with Gasteiger partial charge in [0, 0.05) is 24.6 Å². The molecule has 4 nitrogen and oxygen atoms in total. The smallest absolute Gasteiger partial charge is 0.170 e. The zero-order chi connectivity index (χ0) is 10.5. The molecule has 0 saturated heterocycles. The third kappa shape index (κ3) is 2.66. The van der Waals surface area contributed by atoms with E-state index in [2.05, 4.69) is 25.7 Å². The minimum atomic E-state index is 0.860. The highest BCUT2D eigenvalue weighted by molar-refractivity contribution is 8.00. The third-order valence-corrected chi connectivity index (χ3v) is 3.67. The molecule has 0 aliphatic carbocycles. The summed E-state index contributed by atoms with van der Waals surface area (Å²) in [6.07, 6.45) is 3.36. The summed E-state index contributed by atoms with van der Waals surface area (Å²) >= 11 is 3.09. The van der Waals surface area contributed by atoms with Gasteiger partial charge >= 0.3 is 0 Å². The second-order valence-electron chi connectivity index (χ2n) is 2.76. The predicted molar refractivity (Wildman–Crippen MR) is 63.3 cm³/mol. The Bertz CT molecular complexity index is 416. The fourth-order valence-corrected chi connectivity index (χ4v) is 2.58. The largest absolute Gasteiger partial charge is 0.373 e. The zero-order valence-electron chi connectivity index (χ0n) is 8.17. The summed E-state index contributed by atoms with van der Waals surface area (Å²) in [5, 5.41) is 3.07. The van der Waals surface area contributed by atoms with Gasteiger partial charge in [0.05, 0.1) is 0 Å². The van der Waals surface area contributed by atoms with Gasteiger partial charge < -0.3 is 5.32 Å². The minimum absolute atomic E-state index is 0.860. The van der Waals surface area contributed by atoms with Crippen LogP contribution in [0.2, 0.25) is 0 Å². The molecule has 15 heavy (non-hydrogen) atoms. The molecule has 0 atom stereocenters. The zero-order valence-corrected chi connectivity index (χ0v) is 9.81. The summed E-state index contributed by atoms with van der Waals surface area (Å²) < 4.78 is 4.94. The minimum Gasteiger partial charge on any atom is -0.373 e. The fourth-order valence-electron chi connectivity index (χ4n) is 1.15. The van der Waals surface area contributed by atoms with Gasteiger partial charge in [0.1, 0.15) is 12.1 Å². The summed E-state index contributed by atoms with van der Waals surface area (Å²) in [5.41, 5.74) is 1.18. The van der Waals surface area contributed by atoms with E-state index >= 15 is 0 Å². The van der Waals surface area contributed by atoms with E-state index < -0.39 is 0 Å². The molecule has 6 heteroatoms. The Morgan fingerprint density at radius 1 is 1.47 bits per heavy atom. The van der Waals surface area contributed by atoms with Gasteiger partial charge in [0.2, 0.25) is 0 Å². The molecule has 0 amide bonds. The highest BCUT2D eigenvalue weighted by Crippen LogP contribution is 2.25. The molecular weight excluding hydrogens is 228 g/mol. The Kier molecular flexibility index (Phi) is 3.52. The van der Waals surface area contributed by atoms with E-state index in [4.69, 9.17) is 0 Å². The van der Waals surface area contributed by atoms with Crippen LogP contribution in [0, 0.1) is 0 Å². The van der Waals surface area contributed by atoms with E-state index in [-0.39, 0.29) is 0 Å². The number of anilines is 1. The molecule has 1 N–H and O–H groups in total. The lowest BCUT2D eigenvalue weighted by molar-refractivity contribution is 1.20. The second kappa shape index (κ2) is 5.09. The number of pyridine rings is 1. The Hall–Kier alpha value is -1.14. The number of thioether (sulfide) groups is 1. The molecule has 2 heterocycles. The first-order valence-electron chi connectivity index (χ1n) is 4.41. The lowest BCUT2D eigenvalue weighted by Gasteiger charge is -2.05. The van der Waals surface area contributed by atoms with Crippen molar-refractivity contribution >= 4 is 29.1 Å². The number of rotatable bonds is 4. The lowest BCUT2D eigenvalue weighted by atomic mass is 10.3. The van der Waals surface area contributed by atoms with Gasteiger partial charge in [0.15, 0.2) is 4.34 Å².